The number of likely N-dealkylation sites (tertiary alicyclic amines) is 1. The Morgan fingerprint density at radius 2 is 1.91 bits per heavy atom. The lowest BCUT2D eigenvalue weighted by Crippen LogP contribution is -2.36. The van der Waals surface area contributed by atoms with Gasteiger partial charge in [0.25, 0.3) is 5.91 Å². The van der Waals surface area contributed by atoms with Crippen molar-refractivity contribution >= 4 is 5.91 Å². The van der Waals surface area contributed by atoms with E-state index in [1.807, 2.05) is 66.7 Å². The van der Waals surface area contributed by atoms with Crippen LogP contribution >= 0.6 is 0 Å². The van der Waals surface area contributed by atoms with E-state index in [9.17, 15) is 4.79 Å². The first-order chi connectivity index (χ1) is 16.7. The summed E-state index contributed by atoms with van der Waals surface area (Å²) in [4.78, 5) is 15.9. The van der Waals surface area contributed by atoms with E-state index < -0.39 is 0 Å². The summed E-state index contributed by atoms with van der Waals surface area (Å²) in [6.45, 7) is 2.46. The SMILES string of the molecule is COc1cccc(-c2nn(-c3ccccc3)cc2C(=O)NC[C@H](c2ccco2)N2CCCC2)c1. The number of methoxy groups -OCH3 is 1. The Kier molecular flexibility index (Phi) is 6.44. The first-order valence-electron chi connectivity index (χ1n) is 11.6. The second-order valence-corrected chi connectivity index (χ2v) is 8.39. The molecule has 5 rings (SSSR count). The van der Waals surface area contributed by atoms with Crippen LogP contribution < -0.4 is 10.1 Å². The summed E-state index contributed by atoms with van der Waals surface area (Å²) in [5.74, 6) is 1.41. The van der Waals surface area contributed by atoms with Crippen LogP contribution in [0.1, 0.15) is 35.0 Å². The summed E-state index contributed by atoms with van der Waals surface area (Å²) in [5, 5.41) is 7.92. The molecule has 0 bridgehead atoms. The molecule has 1 aliphatic rings. The van der Waals surface area contributed by atoms with Gasteiger partial charge < -0.3 is 14.5 Å². The zero-order valence-electron chi connectivity index (χ0n) is 19.2. The first-order valence-corrected chi connectivity index (χ1v) is 11.6. The molecule has 174 valence electrons. The smallest absolute Gasteiger partial charge is 0.255 e. The molecule has 3 heterocycles. The van der Waals surface area contributed by atoms with E-state index in [4.69, 9.17) is 14.3 Å². The molecule has 1 atom stereocenters. The van der Waals surface area contributed by atoms with Gasteiger partial charge in [-0.3, -0.25) is 9.69 Å². The lowest BCUT2D eigenvalue weighted by molar-refractivity contribution is 0.0934. The van der Waals surface area contributed by atoms with Gasteiger partial charge in [0.15, 0.2) is 0 Å². The number of carbonyl (C=O) groups excluding carboxylic acids is 1. The number of nitrogens with zero attached hydrogens (tertiary/aromatic N) is 3. The van der Waals surface area contributed by atoms with Crippen LogP contribution in [0.4, 0.5) is 0 Å². The topological polar surface area (TPSA) is 72.5 Å². The molecule has 0 spiro atoms. The Hall–Kier alpha value is -3.84. The van der Waals surface area contributed by atoms with Crippen LogP contribution in [-0.4, -0.2) is 47.3 Å². The molecule has 7 nitrogen and oxygen atoms in total. The molecule has 0 aliphatic carbocycles. The highest BCUT2D eigenvalue weighted by Crippen LogP contribution is 2.28. The first kappa shape index (κ1) is 22.0. The molecular weight excluding hydrogens is 428 g/mol. The molecule has 0 unspecified atom stereocenters. The van der Waals surface area contributed by atoms with Crippen molar-refractivity contribution in [3.05, 3.63) is 90.5 Å². The highest BCUT2D eigenvalue weighted by Gasteiger charge is 2.27. The zero-order valence-corrected chi connectivity index (χ0v) is 19.2. The van der Waals surface area contributed by atoms with Crippen LogP contribution in [0.5, 0.6) is 5.75 Å². The lowest BCUT2D eigenvalue weighted by atomic mass is 10.1. The number of amides is 1. The third-order valence-corrected chi connectivity index (χ3v) is 6.23. The molecule has 7 heteroatoms. The van der Waals surface area contributed by atoms with Crippen molar-refractivity contribution in [2.24, 2.45) is 0 Å². The average molecular weight is 457 g/mol. The normalized spacial score (nSPS) is 14.7. The van der Waals surface area contributed by atoms with Gasteiger partial charge >= 0.3 is 0 Å². The highest BCUT2D eigenvalue weighted by molar-refractivity contribution is 6.00. The molecule has 1 fully saturated rings. The molecule has 1 N–H and O–H groups in total. The molecule has 4 aromatic rings. The Balaban J connectivity index is 1.45. The third kappa shape index (κ3) is 4.61. The Bertz CT molecular complexity index is 1230. The Morgan fingerprint density at radius 1 is 1.09 bits per heavy atom. The van der Waals surface area contributed by atoms with Crippen molar-refractivity contribution in [3.63, 3.8) is 0 Å². The molecule has 1 aliphatic heterocycles. The monoisotopic (exact) mass is 456 g/mol. The van der Waals surface area contributed by atoms with Crippen LogP contribution in [0.3, 0.4) is 0 Å². The molecule has 2 aromatic carbocycles. The number of hydrogen-bond donors (Lipinski definition) is 1. The number of para-hydroxylation sites is 1. The molecule has 1 saturated heterocycles. The Labute approximate surface area is 199 Å². The zero-order chi connectivity index (χ0) is 23.3. The fourth-order valence-electron chi connectivity index (χ4n) is 4.47. The van der Waals surface area contributed by atoms with E-state index in [0.29, 0.717) is 23.6 Å². The van der Waals surface area contributed by atoms with Gasteiger partial charge in [-0.25, -0.2) is 4.68 Å². The van der Waals surface area contributed by atoms with Crippen LogP contribution in [0.2, 0.25) is 0 Å². The number of nitrogens with one attached hydrogen (secondary N) is 1. The predicted molar refractivity (Wildman–Crippen MR) is 130 cm³/mol. The molecule has 0 radical (unpaired) electrons. The summed E-state index contributed by atoms with van der Waals surface area (Å²) in [7, 11) is 1.63. The second-order valence-electron chi connectivity index (χ2n) is 8.39. The van der Waals surface area contributed by atoms with Gasteiger partial charge in [0.2, 0.25) is 0 Å². The number of carbonyl (C=O) groups is 1. The summed E-state index contributed by atoms with van der Waals surface area (Å²) in [6, 6.07) is 21.3. The lowest BCUT2D eigenvalue weighted by Gasteiger charge is -2.26. The van der Waals surface area contributed by atoms with Crippen LogP contribution in [0, 0.1) is 0 Å². The fourth-order valence-corrected chi connectivity index (χ4v) is 4.47. The van der Waals surface area contributed by atoms with Crippen molar-refractivity contribution < 1.29 is 13.9 Å². The number of rotatable bonds is 8. The van der Waals surface area contributed by atoms with Crippen LogP contribution in [0.25, 0.3) is 16.9 Å². The summed E-state index contributed by atoms with van der Waals surface area (Å²) in [5.41, 5.74) is 2.82. The van der Waals surface area contributed by atoms with E-state index in [0.717, 1.165) is 42.9 Å². The minimum Gasteiger partial charge on any atom is -0.497 e. The standard InChI is InChI=1S/C27H28N4O3/c1-33-22-12-7-9-20(17-22)26-23(19-31(29-26)21-10-3-2-4-11-21)27(32)28-18-24(25-13-8-16-34-25)30-14-5-6-15-30/h2-4,7-13,16-17,19,24H,5-6,14-15,18H2,1H3,(H,28,32)/t24-/m1/s1. The second kappa shape index (κ2) is 9.97. The minimum absolute atomic E-state index is 0.00545. The van der Waals surface area contributed by atoms with E-state index in [2.05, 4.69) is 10.2 Å². The van der Waals surface area contributed by atoms with Crippen molar-refractivity contribution in [1.29, 1.82) is 0 Å². The van der Waals surface area contributed by atoms with Crippen molar-refractivity contribution in [2.75, 3.05) is 26.7 Å². The molecule has 1 amide bonds. The Morgan fingerprint density at radius 3 is 2.65 bits per heavy atom. The van der Waals surface area contributed by atoms with Crippen molar-refractivity contribution in [3.8, 4) is 22.7 Å². The van der Waals surface area contributed by atoms with Crippen molar-refractivity contribution in [2.45, 2.75) is 18.9 Å². The fraction of sp³-hybridized carbons (Fsp3) is 0.259. The largest absolute Gasteiger partial charge is 0.497 e. The molecular formula is C27H28N4O3. The van der Waals surface area contributed by atoms with E-state index >= 15 is 0 Å². The van der Waals surface area contributed by atoms with E-state index in [-0.39, 0.29) is 11.9 Å². The predicted octanol–water partition coefficient (Wildman–Crippen LogP) is 4.71. The number of aromatic nitrogens is 2. The van der Waals surface area contributed by atoms with Gasteiger partial charge in [-0.15, -0.1) is 0 Å². The average Bonchev–Trinajstić information content (AvgIpc) is 3.67. The van der Waals surface area contributed by atoms with Gasteiger partial charge in [-0.2, -0.15) is 5.10 Å². The number of hydrogen-bond acceptors (Lipinski definition) is 5. The van der Waals surface area contributed by atoms with Gasteiger partial charge in [-0.1, -0.05) is 30.3 Å². The summed E-state index contributed by atoms with van der Waals surface area (Å²) in [6.07, 6.45) is 5.80. The molecule has 2 aromatic heterocycles. The maximum absolute atomic E-state index is 13.5. The summed E-state index contributed by atoms with van der Waals surface area (Å²) < 4.78 is 12.8. The van der Waals surface area contributed by atoms with Gasteiger partial charge in [0.1, 0.15) is 17.2 Å². The number of benzene rings is 2. The van der Waals surface area contributed by atoms with E-state index in [1.54, 1.807) is 24.3 Å². The van der Waals surface area contributed by atoms with Gasteiger partial charge in [-0.05, 0) is 62.3 Å². The summed E-state index contributed by atoms with van der Waals surface area (Å²) >= 11 is 0. The number of ether oxygens (including phenoxy) is 1. The van der Waals surface area contributed by atoms with Gasteiger partial charge in [0, 0.05) is 18.3 Å². The van der Waals surface area contributed by atoms with Crippen LogP contribution in [0.15, 0.2) is 83.6 Å². The van der Waals surface area contributed by atoms with Gasteiger partial charge in [0.05, 0.1) is 30.7 Å². The maximum Gasteiger partial charge on any atom is 0.255 e. The molecule has 34 heavy (non-hydrogen) atoms. The van der Waals surface area contributed by atoms with Crippen molar-refractivity contribution in [1.82, 2.24) is 20.0 Å². The quantitative estimate of drug-likeness (QED) is 0.416. The maximum atomic E-state index is 13.5. The highest BCUT2D eigenvalue weighted by atomic mass is 16.5. The molecule has 0 saturated carbocycles. The van der Waals surface area contributed by atoms with Crippen LogP contribution in [-0.2, 0) is 0 Å². The minimum atomic E-state index is -0.171. The number of furan rings is 1. The van der Waals surface area contributed by atoms with E-state index in [1.165, 1.54) is 0 Å². The third-order valence-electron chi connectivity index (χ3n) is 6.23.